The number of unbranched alkanes of at least 4 members (excludes halogenated alkanes) is 10. The summed E-state index contributed by atoms with van der Waals surface area (Å²) in [6, 6.07) is 2.58. The van der Waals surface area contributed by atoms with Gasteiger partial charge < -0.3 is 15.3 Å². The van der Waals surface area contributed by atoms with Crippen molar-refractivity contribution in [3.8, 4) is 11.5 Å². The lowest BCUT2D eigenvalue weighted by molar-refractivity contribution is 0.0695. The zero-order valence-corrected chi connectivity index (χ0v) is 14.9. The first-order valence-corrected chi connectivity index (χ1v) is 9.35. The number of aromatic carboxylic acids is 1. The molecule has 0 heterocycles. The Kier molecular flexibility index (Phi) is 9.97. The molecule has 1 rings (SSSR count). The predicted octanol–water partition coefficient (Wildman–Crippen LogP) is 5.65. The van der Waals surface area contributed by atoms with Gasteiger partial charge in [-0.3, -0.25) is 0 Å². The van der Waals surface area contributed by atoms with Crippen molar-refractivity contribution >= 4 is 5.97 Å². The minimum Gasteiger partial charge on any atom is -0.504 e. The maximum atomic E-state index is 11.2. The highest BCUT2D eigenvalue weighted by molar-refractivity contribution is 5.90. The first kappa shape index (κ1) is 20.3. The van der Waals surface area contributed by atoms with E-state index in [1.165, 1.54) is 63.5 Å². The highest BCUT2D eigenvalue weighted by atomic mass is 16.4. The molecule has 0 radical (unpaired) electrons. The second kappa shape index (κ2) is 11.8. The topological polar surface area (TPSA) is 77.8 Å². The summed E-state index contributed by atoms with van der Waals surface area (Å²) < 4.78 is 0. The van der Waals surface area contributed by atoms with Gasteiger partial charge in [0, 0.05) is 5.56 Å². The number of benzene rings is 1. The summed E-state index contributed by atoms with van der Waals surface area (Å²) in [6.07, 6.45) is 13.9. The second-order valence-electron chi connectivity index (χ2n) is 6.55. The molecule has 4 heteroatoms. The average molecular weight is 336 g/mol. The summed E-state index contributed by atoms with van der Waals surface area (Å²) in [4.78, 5) is 11.2. The van der Waals surface area contributed by atoms with Gasteiger partial charge in [0.2, 0.25) is 0 Å². The molecular weight excluding hydrogens is 304 g/mol. The van der Waals surface area contributed by atoms with E-state index in [0.29, 0.717) is 12.0 Å². The largest absolute Gasteiger partial charge is 0.504 e. The number of hydrogen-bond donors (Lipinski definition) is 3. The lowest BCUT2D eigenvalue weighted by atomic mass is 9.98. The van der Waals surface area contributed by atoms with Gasteiger partial charge in [-0.15, -0.1) is 0 Å². The number of aromatic hydroxyl groups is 2. The first-order valence-electron chi connectivity index (χ1n) is 9.35. The molecule has 0 fully saturated rings. The molecule has 0 aliphatic rings. The van der Waals surface area contributed by atoms with Gasteiger partial charge in [-0.1, -0.05) is 71.1 Å². The Balaban J connectivity index is 2.20. The maximum absolute atomic E-state index is 11.2. The third-order valence-corrected chi connectivity index (χ3v) is 4.52. The fraction of sp³-hybridized carbons (Fsp3) is 0.650. The Hall–Kier alpha value is -1.71. The molecule has 4 nitrogen and oxygen atoms in total. The molecule has 24 heavy (non-hydrogen) atoms. The molecule has 3 N–H and O–H groups in total. The predicted molar refractivity (Wildman–Crippen MR) is 96.9 cm³/mol. The molecule has 0 spiro atoms. The number of rotatable bonds is 13. The number of carboxylic acids is 1. The van der Waals surface area contributed by atoms with E-state index in [9.17, 15) is 15.0 Å². The van der Waals surface area contributed by atoms with Crippen molar-refractivity contribution in [1.29, 1.82) is 0 Å². The van der Waals surface area contributed by atoms with Crippen LogP contribution in [0.3, 0.4) is 0 Å². The van der Waals surface area contributed by atoms with Gasteiger partial charge in [-0.2, -0.15) is 0 Å². The van der Waals surface area contributed by atoms with Gasteiger partial charge in [0.25, 0.3) is 0 Å². The summed E-state index contributed by atoms with van der Waals surface area (Å²) in [6.45, 7) is 2.23. The standard InChI is InChI=1S/C20H32O4/c1-2-3-4-5-6-7-8-9-10-11-12-13-16-17(20(23)24)14-15-18(21)19(16)22/h14-15,21-22H,2-13H2,1H3,(H,23,24). The Labute approximate surface area is 145 Å². The van der Waals surface area contributed by atoms with E-state index >= 15 is 0 Å². The van der Waals surface area contributed by atoms with Crippen LogP contribution in [0.25, 0.3) is 0 Å². The van der Waals surface area contributed by atoms with E-state index < -0.39 is 5.97 Å². The van der Waals surface area contributed by atoms with Gasteiger partial charge in [-0.05, 0) is 25.0 Å². The number of carbonyl (C=O) groups is 1. The van der Waals surface area contributed by atoms with Crippen LogP contribution < -0.4 is 0 Å². The van der Waals surface area contributed by atoms with Crippen LogP contribution in [0.1, 0.15) is 93.5 Å². The molecule has 0 saturated carbocycles. The van der Waals surface area contributed by atoms with Crippen molar-refractivity contribution < 1.29 is 20.1 Å². The van der Waals surface area contributed by atoms with Crippen LogP contribution in [0.15, 0.2) is 12.1 Å². The molecule has 1 aromatic rings. The van der Waals surface area contributed by atoms with Crippen LogP contribution in [-0.2, 0) is 6.42 Å². The van der Waals surface area contributed by atoms with Crippen molar-refractivity contribution in [2.45, 2.75) is 84.0 Å². The Morgan fingerprint density at radius 2 is 1.33 bits per heavy atom. The lowest BCUT2D eigenvalue weighted by Gasteiger charge is -2.10. The maximum Gasteiger partial charge on any atom is 0.336 e. The Morgan fingerprint density at radius 1 is 0.833 bits per heavy atom. The molecule has 1 aromatic carbocycles. The van der Waals surface area contributed by atoms with Gasteiger partial charge in [0.05, 0.1) is 5.56 Å². The van der Waals surface area contributed by atoms with E-state index in [4.69, 9.17) is 5.11 Å². The van der Waals surface area contributed by atoms with Crippen LogP contribution in [0.2, 0.25) is 0 Å². The summed E-state index contributed by atoms with van der Waals surface area (Å²) in [7, 11) is 0. The summed E-state index contributed by atoms with van der Waals surface area (Å²) >= 11 is 0. The zero-order chi connectivity index (χ0) is 17.8. The van der Waals surface area contributed by atoms with Crippen LogP contribution in [0.5, 0.6) is 11.5 Å². The van der Waals surface area contributed by atoms with E-state index in [2.05, 4.69) is 6.92 Å². The van der Waals surface area contributed by atoms with Gasteiger partial charge in [0.15, 0.2) is 11.5 Å². The average Bonchev–Trinajstić information content (AvgIpc) is 2.56. The molecule has 0 aromatic heterocycles. The van der Waals surface area contributed by atoms with E-state index in [0.717, 1.165) is 19.3 Å². The van der Waals surface area contributed by atoms with Crippen molar-refractivity contribution in [3.63, 3.8) is 0 Å². The summed E-state index contributed by atoms with van der Waals surface area (Å²) in [5.41, 5.74) is 0.427. The van der Waals surface area contributed by atoms with Crippen LogP contribution in [0, 0.1) is 0 Å². The van der Waals surface area contributed by atoms with Gasteiger partial charge in [0.1, 0.15) is 0 Å². The number of phenolic OH excluding ortho intramolecular Hbond substituents is 2. The number of hydrogen-bond acceptors (Lipinski definition) is 3. The highest BCUT2D eigenvalue weighted by Gasteiger charge is 2.16. The van der Waals surface area contributed by atoms with Gasteiger partial charge >= 0.3 is 5.97 Å². The third kappa shape index (κ3) is 7.24. The lowest BCUT2D eigenvalue weighted by Crippen LogP contribution is -2.03. The van der Waals surface area contributed by atoms with Crippen LogP contribution in [0.4, 0.5) is 0 Å². The Bertz CT molecular complexity index is 497. The third-order valence-electron chi connectivity index (χ3n) is 4.52. The molecule has 0 atom stereocenters. The molecule has 0 aliphatic carbocycles. The molecule has 136 valence electrons. The van der Waals surface area contributed by atoms with E-state index in [1.54, 1.807) is 0 Å². The summed E-state index contributed by atoms with van der Waals surface area (Å²) in [5, 5.41) is 28.6. The van der Waals surface area contributed by atoms with Crippen LogP contribution in [-0.4, -0.2) is 21.3 Å². The fourth-order valence-electron chi connectivity index (χ4n) is 3.04. The van der Waals surface area contributed by atoms with E-state index in [-0.39, 0.29) is 17.1 Å². The van der Waals surface area contributed by atoms with Crippen LogP contribution >= 0.6 is 0 Å². The normalized spacial score (nSPS) is 10.9. The minimum absolute atomic E-state index is 0.0809. The second-order valence-corrected chi connectivity index (χ2v) is 6.55. The number of phenols is 2. The SMILES string of the molecule is CCCCCCCCCCCCCc1c(C(=O)O)ccc(O)c1O. The zero-order valence-electron chi connectivity index (χ0n) is 14.9. The molecule has 0 aliphatic heterocycles. The smallest absolute Gasteiger partial charge is 0.336 e. The van der Waals surface area contributed by atoms with E-state index in [1.807, 2.05) is 0 Å². The molecular formula is C20H32O4. The highest BCUT2D eigenvalue weighted by Crippen LogP contribution is 2.32. The number of carboxylic acid groups (broad SMARTS) is 1. The molecule has 0 amide bonds. The monoisotopic (exact) mass is 336 g/mol. The van der Waals surface area contributed by atoms with Crippen molar-refractivity contribution in [1.82, 2.24) is 0 Å². The molecule has 0 saturated heterocycles. The Morgan fingerprint density at radius 3 is 1.83 bits per heavy atom. The quantitative estimate of drug-likeness (QED) is 0.321. The first-order chi connectivity index (χ1) is 11.6. The van der Waals surface area contributed by atoms with Crippen molar-refractivity contribution in [3.05, 3.63) is 23.3 Å². The summed E-state index contributed by atoms with van der Waals surface area (Å²) in [5.74, 6) is -1.61. The minimum atomic E-state index is -1.07. The van der Waals surface area contributed by atoms with Crippen molar-refractivity contribution in [2.24, 2.45) is 0 Å². The molecule has 0 bridgehead atoms. The molecule has 0 unspecified atom stereocenters. The van der Waals surface area contributed by atoms with Gasteiger partial charge in [-0.25, -0.2) is 4.79 Å². The fourth-order valence-corrected chi connectivity index (χ4v) is 3.04. The van der Waals surface area contributed by atoms with Crippen molar-refractivity contribution in [2.75, 3.05) is 0 Å².